The predicted octanol–water partition coefficient (Wildman–Crippen LogP) is 3.13. The standard InChI is InChI=1S/C15H22FNO/c1-9-5-13(16)6-10(2)14(9)15(17-4)12-7-11(3)18-8-12/h5-6,11-12,15,17H,7-8H2,1-4H3. The Morgan fingerprint density at radius 1 is 1.33 bits per heavy atom. The van der Waals surface area contributed by atoms with Crippen LogP contribution in [0, 0.1) is 25.6 Å². The molecule has 2 nitrogen and oxygen atoms in total. The summed E-state index contributed by atoms with van der Waals surface area (Å²) in [6.45, 7) is 6.85. The van der Waals surface area contributed by atoms with Crippen LogP contribution in [0.1, 0.15) is 36.1 Å². The average molecular weight is 251 g/mol. The summed E-state index contributed by atoms with van der Waals surface area (Å²) in [6, 6.07) is 3.48. The summed E-state index contributed by atoms with van der Waals surface area (Å²) < 4.78 is 19.0. The van der Waals surface area contributed by atoms with Crippen molar-refractivity contribution in [2.75, 3.05) is 13.7 Å². The summed E-state index contributed by atoms with van der Waals surface area (Å²) in [4.78, 5) is 0. The van der Waals surface area contributed by atoms with Gasteiger partial charge in [-0.2, -0.15) is 0 Å². The second kappa shape index (κ2) is 5.37. The SMILES string of the molecule is CNC(c1c(C)cc(F)cc1C)C1COC(C)C1. The molecule has 1 aliphatic rings. The summed E-state index contributed by atoms with van der Waals surface area (Å²) in [7, 11) is 1.97. The van der Waals surface area contributed by atoms with Crippen LogP contribution in [0.15, 0.2) is 12.1 Å². The molecule has 1 fully saturated rings. The van der Waals surface area contributed by atoms with Crippen molar-refractivity contribution in [2.24, 2.45) is 5.92 Å². The van der Waals surface area contributed by atoms with Gasteiger partial charge in [0.15, 0.2) is 0 Å². The monoisotopic (exact) mass is 251 g/mol. The maximum atomic E-state index is 13.4. The molecule has 1 aromatic carbocycles. The van der Waals surface area contributed by atoms with Gasteiger partial charge in [-0.1, -0.05) is 0 Å². The van der Waals surface area contributed by atoms with Crippen LogP contribution in [-0.2, 0) is 4.74 Å². The maximum Gasteiger partial charge on any atom is 0.123 e. The lowest BCUT2D eigenvalue weighted by Gasteiger charge is -2.26. The summed E-state index contributed by atoms with van der Waals surface area (Å²) >= 11 is 0. The second-order valence-corrected chi connectivity index (χ2v) is 5.36. The quantitative estimate of drug-likeness (QED) is 0.891. The van der Waals surface area contributed by atoms with Crippen LogP contribution >= 0.6 is 0 Å². The lowest BCUT2D eigenvalue weighted by molar-refractivity contribution is 0.117. The normalized spacial score (nSPS) is 25.4. The highest BCUT2D eigenvalue weighted by Crippen LogP contribution is 2.34. The van der Waals surface area contributed by atoms with Crippen LogP contribution in [0.4, 0.5) is 4.39 Å². The van der Waals surface area contributed by atoms with Gasteiger partial charge < -0.3 is 10.1 Å². The molecule has 1 heterocycles. The summed E-state index contributed by atoms with van der Waals surface area (Å²) in [5, 5.41) is 3.38. The van der Waals surface area contributed by atoms with Gasteiger partial charge in [-0.25, -0.2) is 4.39 Å². The molecule has 0 spiro atoms. The number of nitrogens with one attached hydrogen (secondary N) is 1. The number of halogens is 1. The Labute approximate surface area is 109 Å². The lowest BCUT2D eigenvalue weighted by Crippen LogP contribution is -2.27. The van der Waals surface area contributed by atoms with E-state index in [4.69, 9.17) is 4.74 Å². The van der Waals surface area contributed by atoms with Gasteiger partial charge in [0.1, 0.15) is 5.82 Å². The molecular weight excluding hydrogens is 229 g/mol. The number of hydrogen-bond donors (Lipinski definition) is 1. The average Bonchev–Trinajstić information content (AvgIpc) is 2.69. The van der Waals surface area contributed by atoms with E-state index in [1.807, 2.05) is 20.9 Å². The first kappa shape index (κ1) is 13.5. The topological polar surface area (TPSA) is 21.3 Å². The number of benzene rings is 1. The Kier molecular flexibility index (Phi) is 4.03. The van der Waals surface area contributed by atoms with Crippen molar-refractivity contribution in [1.82, 2.24) is 5.32 Å². The molecular formula is C15H22FNO. The van der Waals surface area contributed by atoms with Crippen LogP contribution < -0.4 is 5.32 Å². The fraction of sp³-hybridized carbons (Fsp3) is 0.600. The molecule has 3 atom stereocenters. The highest BCUT2D eigenvalue weighted by atomic mass is 19.1. The molecule has 0 saturated carbocycles. The largest absolute Gasteiger partial charge is 0.378 e. The molecule has 0 bridgehead atoms. The van der Waals surface area contributed by atoms with Gasteiger partial charge in [0, 0.05) is 12.0 Å². The van der Waals surface area contributed by atoms with Gasteiger partial charge in [-0.3, -0.25) is 0 Å². The summed E-state index contributed by atoms with van der Waals surface area (Å²) in [5.74, 6) is 0.313. The molecule has 3 heteroatoms. The zero-order valence-corrected chi connectivity index (χ0v) is 11.6. The highest BCUT2D eigenvalue weighted by molar-refractivity contribution is 5.37. The van der Waals surface area contributed by atoms with Crippen LogP contribution in [0.5, 0.6) is 0 Å². The van der Waals surface area contributed by atoms with E-state index in [1.54, 1.807) is 12.1 Å². The number of ether oxygens (including phenoxy) is 1. The molecule has 0 aromatic heterocycles. The lowest BCUT2D eigenvalue weighted by atomic mass is 9.86. The third kappa shape index (κ3) is 2.57. The first-order chi connectivity index (χ1) is 8.52. The van der Waals surface area contributed by atoms with Gasteiger partial charge in [0.25, 0.3) is 0 Å². The molecule has 2 rings (SSSR count). The van der Waals surface area contributed by atoms with E-state index in [2.05, 4.69) is 12.2 Å². The van der Waals surface area contributed by atoms with Crippen molar-refractivity contribution in [3.8, 4) is 0 Å². The molecule has 1 N–H and O–H groups in total. The van der Waals surface area contributed by atoms with Crippen molar-refractivity contribution in [3.05, 3.63) is 34.6 Å². The van der Waals surface area contributed by atoms with Crippen LogP contribution in [-0.4, -0.2) is 19.8 Å². The third-order valence-electron chi connectivity index (χ3n) is 3.88. The van der Waals surface area contributed by atoms with Crippen molar-refractivity contribution in [3.63, 3.8) is 0 Å². The van der Waals surface area contributed by atoms with E-state index in [-0.39, 0.29) is 11.9 Å². The molecule has 18 heavy (non-hydrogen) atoms. The van der Waals surface area contributed by atoms with Gasteiger partial charge in [-0.05, 0) is 63.1 Å². The van der Waals surface area contributed by atoms with Crippen molar-refractivity contribution in [1.29, 1.82) is 0 Å². The van der Waals surface area contributed by atoms with Gasteiger partial charge in [0.2, 0.25) is 0 Å². The van der Waals surface area contributed by atoms with E-state index in [9.17, 15) is 4.39 Å². The van der Waals surface area contributed by atoms with Crippen LogP contribution in [0.25, 0.3) is 0 Å². The minimum Gasteiger partial charge on any atom is -0.378 e. The van der Waals surface area contributed by atoms with E-state index in [0.717, 1.165) is 24.2 Å². The molecule has 0 radical (unpaired) electrons. The molecule has 0 amide bonds. The molecule has 1 aromatic rings. The fourth-order valence-electron chi connectivity index (χ4n) is 3.11. The van der Waals surface area contributed by atoms with Gasteiger partial charge in [0.05, 0.1) is 12.7 Å². The van der Waals surface area contributed by atoms with Gasteiger partial charge in [-0.15, -0.1) is 0 Å². The Morgan fingerprint density at radius 2 is 1.94 bits per heavy atom. The first-order valence-electron chi connectivity index (χ1n) is 6.58. The second-order valence-electron chi connectivity index (χ2n) is 5.36. The molecule has 100 valence electrons. The predicted molar refractivity (Wildman–Crippen MR) is 71.2 cm³/mol. The molecule has 0 aliphatic carbocycles. The number of rotatable bonds is 3. The van der Waals surface area contributed by atoms with E-state index in [1.165, 1.54) is 5.56 Å². The Balaban J connectivity index is 2.33. The van der Waals surface area contributed by atoms with Gasteiger partial charge >= 0.3 is 0 Å². The Hall–Kier alpha value is -0.930. The first-order valence-corrected chi connectivity index (χ1v) is 6.58. The van der Waals surface area contributed by atoms with E-state index < -0.39 is 0 Å². The van der Waals surface area contributed by atoms with Crippen molar-refractivity contribution >= 4 is 0 Å². The molecule has 1 saturated heterocycles. The highest BCUT2D eigenvalue weighted by Gasteiger charge is 2.31. The van der Waals surface area contributed by atoms with Crippen LogP contribution in [0.2, 0.25) is 0 Å². The smallest absolute Gasteiger partial charge is 0.123 e. The van der Waals surface area contributed by atoms with E-state index in [0.29, 0.717) is 12.0 Å². The zero-order chi connectivity index (χ0) is 13.3. The summed E-state index contributed by atoms with van der Waals surface area (Å²) in [5.41, 5.74) is 3.26. The molecule has 1 aliphatic heterocycles. The zero-order valence-electron chi connectivity index (χ0n) is 11.6. The van der Waals surface area contributed by atoms with E-state index >= 15 is 0 Å². The minimum atomic E-state index is -0.153. The summed E-state index contributed by atoms with van der Waals surface area (Å²) in [6.07, 6.45) is 1.38. The molecule has 3 unspecified atom stereocenters. The number of hydrogen-bond acceptors (Lipinski definition) is 2. The Morgan fingerprint density at radius 3 is 2.39 bits per heavy atom. The Bertz CT molecular complexity index is 409. The van der Waals surface area contributed by atoms with Crippen molar-refractivity contribution < 1.29 is 9.13 Å². The van der Waals surface area contributed by atoms with Crippen molar-refractivity contribution in [2.45, 2.75) is 39.3 Å². The fourth-order valence-corrected chi connectivity index (χ4v) is 3.11. The number of aryl methyl sites for hydroxylation is 2. The minimum absolute atomic E-state index is 0.153. The maximum absolute atomic E-state index is 13.4. The third-order valence-corrected chi connectivity index (χ3v) is 3.88. The van der Waals surface area contributed by atoms with Crippen LogP contribution in [0.3, 0.4) is 0 Å².